The van der Waals surface area contributed by atoms with Crippen LogP contribution in [0.1, 0.15) is 5.69 Å². The van der Waals surface area contributed by atoms with Crippen LogP contribution < -0.4 is 5.56 Å². The van der Waals surface area contributed by atoms with Crippen LogP contribution in [-0.4, -0.2) is 15.1 Å². The predicted molar refractivity (Wildman–Crippen MR) is 56.2 cm³/mol. The summed E-state index contributed by atoms with van der Waals surface area (Å²) >= 11 is 0. The van der Waals surface area contributed by atoms with E-state index in [9.17, 15) is 4.79 Å². The van der Waals surface area contributed by atoms with Crippen molar-refractivity contribution >= 4 is 0 Å². The van der Waals surface area contributed by atoms with Crippen molar-refractivity contribution in [1.29, 1.82) is 0 Å². The Bertz CT molecular complexity index is 505. The largest absolute Gasteiger partial charge is 0.390 e. The molecule has 4 heteroatoms. The fraction of sp³-hybridized carbons (Fsp3) is 0.0909. The first-order chi connectivity index (χ1) is 7.31. The average Bonchev–Trinajstić information content (AvgIpc) is 2.30. The van der Waals surface area contributed by atoms with Crippen molar-refractivity contribution in [1.82, 2.24) is 9.97 Å². The number of nitrogens with one attached hydrogen (secondary N) is 1. The maximum absolute atomic E-state index is 11.1. The molecule has 0 amide bonds. The maximum atomic E-state index is 11.1. The van der Waals surface area contributed by atoms with Gasteiger partial charge in [0.15, 0.2) is 0 Å². The maximum Gasteiger partial charge on any atom is 0.248 e. The van der Waals surface area contributed by atoms with E-state index in [0.717, 1.165) is 11.1 Å². The van der Waals surface area contributed by atoms with Crippen LogP contribution in [0.5, 0.6) is 0 Å². The highest BCUT2D eigenvalue weighted by Gasteiger charge is 2.04. The zero-order chi connectivity index (χ0) is 10.7. The summed E-state index contributed by atoms with van der Waals surface area (Å²) in [6.45, 7) is -0.187. The molecule has 2 aromatic rings. The van der Waals surface area contributed by atoms with Gasteiger partial charge in [-0.05, 0) is 23.8 Å². The molecule has 0 aromatic carbocycles. The van der Waals surface area contributed by atoms with Crippen molar-refractivity contribution in [3.8, 4) is 11.1 Å². The molecule has 2 heterocycles. The molecule has 0 radical (unpaired) electrons. The highest BCUT2D eigenvalue weighted by Crippen LogP contribution is 2.19. The van der Waals surface area contributed by atoms with Crippen LogP contribution in [0, 0.1) is 0 Å². The van der Waals surface area contributed by atoms with Gasteiger partial charge >= 0.3 is 0 Å². The summed E-state index contributed by atoms with van der Waals surface area (Å²) in [5, 5.41) is 9.12. The molecule has 0 aliphatic heterocycles. The highest BCUT2D eigenvalue weighted by atomic mass is 16.3. The molecule has 4 nitrogen and oxygen atoms in total. The number of aliphatic hydroxyl groups excluding tert-OH is 1. The van der Waals surface area contributed by atoms with Gasteiger partial charge in [0.2, 0.25) is 5.56 Å². The molecule has 0 saturated heterocycles. The van der Waals surface area contributed by atoms with Crippen molar-refractivity contribution in [2.45, 2.75) is 6.61 Å². The Balaban J connectivity index is 2.58. The van der Waals surface area contributed by atoms with Gasteiger partial charge in [0.25, 0.3) is 0 Å². The lowest BCUT2D eigenvalue weighted by atomic mass is 10.1. The van der Waals surface area contributed by atoms with E-state index in [4.69, 9.17) is 5.11 Å². The SMILES string of the molecule is O=c1ccc(-c2ccncc2)c(CO)[nH]1. The van der Waals surface area contributed by atoms with Crippen LogP contribution in [0.15, 0.2) is 41.5 Å². The first kappa shape index (κ1) is 9.61. The number of hydrogen-bond donors (Lipinski definition) is 2. The summed E-state index contributed by atoms with van der Waals surface area (Å²) in [6.07, 6.45) is 3.34. The summed E-state index contributed by atoms with van der Waals surface area (Å²) < 4.78 is 0. The average molecular weight is 202 g/mol. The van der Waals surface area contributed by atoms with E-state index in [2.05, 4.69) is 9.97 Å². The van der Waals surface area contributed by atoms with Gasteiger partial charge in [-0.1, -0.05) is 0 Å². The second-order valence-electron chi connectivity index (χ2n) is 3.11. The Kier molecular flexibility index (Phi) is 2.60. The number of H-pyrrole nitrogens is 1. The first-order valence-electron chi connectivity index (χ1n) is 4.55. The summed E-state index contributed by atoms with van der Waals surface area (Å²) in [5.74, 6) is 0. The Morgan fingerprint density at radius 1 is 1.20 bits per heavy atom. The number of rotatable bonds is 2. The van der Waals surface area contributed by atoms with Crippen LogP contribution in [0.2, 0.25) is 0 Å². The van der Waals surface area contributed by atoms with Gasteiger partial charge in [-0.3, -0.25) is 9.78 Å². The zero-order valence-electron chi connectivity index (χ0n) is 7.97. The Hall–Kier alpha value is -1.94. The van der Waals surface area contributed by atoms with Crippen molar-refractivity contribution < 1.29 is 5.11 Å². The Morgan fingerprint density at radius 3 is 2.60 bits per heavy atom. The van der Waals surface area contributed by atoms with Gasteiger partial charge in [0.1, 0.15) is 0 Å². The molecule has 0 spiro atoms. The number of aliphatic hydroxyl groups is 1. The lowest BCUT2D eigenvalue weighted by Crippen LogP contribution is -2.08. The molecule has 2 aromatic heterocycles. The second kappa shape index (κ2) is 4.06. The van der Waals surface area contributed by atoms with Gasteiger partial charge in [0, 0.05) is 24.0 Å². The standard InChI is InChI=1S/C11H10N2O2/c14-7-10-9(1-2-11(15)13-10)8-3-5-12-6-4-8/h1-6,14H,7H2,(H,13,15). The van der Waals surface area contributed by atoms with Gasteiger partial charge in [-0.25, -0.2) is 0 Å². The monoisotopic (exact) mass is 202 g/mol. The van der Waals surface area contributed by atoms with Gasteiger partial charge < -0.3 is 10.1 Å². The summed E-state index contributed by atoms with van der Waals surface area (Å²) in [7, 11) is 0. The summed E-state index contributed by atoms with van der Waals surface area (Å²) in [4.78, 5) is 17.6. The third-order valence-corrected chi connectivity index (χ3v) is 2.15. The third-order valence-electron chi connectivity index (χ3n) is 2.15. The Labute approximate surface area is 86.2 Å². The molecule has 0 aliphatic carbocycles. The third kappa shape index (κ3) is 1.94. The molecule has 0 fully saturated rings. The topological polar surface area (TPSA) is 66.0 Å². The normalized spacial score (nSPS) is 10.2. The fourth-order valence-electron chi connectivity index (χ4n) is 1.44. The minimum atomic E-state index is -0.211. The zero-order valence-corrected chi connectivity index (χ0v) is 7.97. The Morgan fingerprint density at radius 2 is 1.93 bits per heavy atom. The van der Waals surface area contributed by atoms with Gasteiger partial charge in [0.05, 0.1) is 12.3 Å². The molecular weight excluding hydrogens is 192 g/mol. The van der Waals surface area contributed by atoms with Crippen LogP contribution >= 0.6 is 0 Å². The number of nitrogens with zero attached hydrogens (tertiary/aromatic N) is 1. The summed E-state index contributed by atoms with van der Waals surface area (Å²) in [6, 6.07) is 6.79. The van der Waals surface area contributed by atoms with E-state index in [-0.39, 0.29) is 12.2 Å². The second-order valence-corrected chi connectivity index (χ2v) is 3.11. The van der Waals surface area contributed by atoms with Crippen LogP contribution in [0.3, 0.4) is 0 Å². The van der Waals surface area contributed by atoms with Crippen molar-refractivity contribution in [3.05, 3.63) is 52.7 Å². The molecule has 0 bridgehead atoms. The van der Waals surface area contributed by atoms with Crippen LogP contribution in [0.25, 0.3) is 11.1 Å². The quantitative estimate of drug-likeness (QED) is 0.761. The molecule has 2 rings (SSSR count). The molecule has 76 valence electrons. The van der Waals surface area contributed by atoms with E-state index in [1.807, 2.05) is 12.1 Å². The van der Waals surface area contributed by atoms with Crippen LogP contribution in [-0.2, 0) is 6.61 Å². The minimum Gasteiger partial charge on any atom is -0.390 e. The number of aromatic amines is 1. The van der Waals surface area contributed by atoms with E-state index >= 15 is 0 Å². The van der Waals surface area contributed by atoms with Crippen molar-refractivity contribution in [2.24, 2.45) is 0 Å². The molecule has 0 unspecified atom stereocenters. The van der Waals surface area contributed by atoms with E-state index in [1.54, 1.807) is 18.5 Å². The number of pyridine rings is 2. The minimum absolute atomic E-state index is 0.187. The smallest absolute Gasteiger partial charge is 0.248 e. The molecule has 2 N–H and O–H groups in total. The first-order valence-corrected chi connectivity index (χ1v) is 4.55. The molecular formula is C11H10N2O2. The van der Waals surface area contributed by atoms with E-state index < -0.39 is 0 Å². The van der Waals surface area contributed by atoms with Gasteiger partial charge in [-0.2, -0.15) is 0 Å². The number of hydrogen-bond acceptors (Lipinski definition) is 3. The van der Waals surface area contributed by atoms with E-state index in [1.165, 1.54) is 6.07 Å². The highest BCUT2D eigenvalue weighted by molar-refractivity contribution is 5.64. The number of aromatic nitrogens is 2. The van der Waals surface area contributed by atoms with Gasteiger partial charge in [-0.15, -0.1) is 0 Å². The summed E-state index contributed by atoms with van der Waals surface area (Å²) in [5.41, 5.74) is 2.05. The molecule has 0 atom stereocenters. The molecule has 0 saturated carbocycles. The lowest BCUT2D eigenvalue weighted by molar-refractivity contribution is 0.277. The van der Waals surface area contributed by atoms with Crippen LogP contribution in [0.4, 0.5) is 0 Å². The fourth-order valence-corrected chi connectivity index (χ4v) is 1.44. The predicted octanol–water partition coefficient (Wildman–Crippen LogP) is 0.929. The van der Waals surface area contributed by atoms with Crippen molar-refractivity contribution in [3.63, 3.8) is 0 Å². The van der Waals surface area contributed by atoms with E-state index in [0.29, 0.717) is 5.69 Å². The lowest BCUT2D eigenvalue weighted by Gasteiger charge is -2.05. The molecule has 0 aliphatic rings. The molecule has 15 heavy (non-hydrogen) atoms. The van der Waals surface area contributed by atoms with Crippen molar-refractivity contribution in [2.75, 3.05) is 0 Å².